The van der Waals surface area contributed by atoms with Crippen molar-refractivity contribution in [1.82, 2.24) is 9.78 Å². The minimum atomic E-state index is 0.853. The van der Waals surface area contributed by atoms with Crippen molar-refractivity contribution in [3.05, 3.63) is 22.8 Å². The molecule has 4 heteroatoms. The highest BCUT2D eigenvalue weighted by Gasteiger charge is 2.08. The third-order valence-corrected chi connectivity index (χ3v) is 2.67. The number of ether oxygens (including phenoxy) is 1. The van der Waals surface area contributed by atoms with E-state index >= 15 is 0 Å². The van der Waals surface area contributed by atoms with Gasteiger partial charge < -0.3 is 4.74 Å². The fourth-order valence-electron chi connectivity index (χ4n) is 1.40. The molecule has 0 amide bonds. The van der Waals surface area contributed by atoms with Crippen LogP contribution >= 0.6 is 15.9 Å². The maximum atomic E-state index is 5.22. The zero-order chi connectivity index (χ0) is 9.42. The molecule has 0 spiro atoms. The molecule has 0 aliphatic rings. The number of hydrogen-bond acceptors (Lipinski definition) is 2. The third kappa shape index (κ3) is 1.21. The van der Waals surface area contributed by atoms with E-state index < -0.39 is 0 Å². The lowest BCUT2D eigenvalue weighted by atomic mass is 10.2. The highest BCUT2D eigenvalue weighted by molar-refractivity contribution is 9.10. The second-order valence-electron chi connectivity index (χ2n) is 2.78. The van der Waals surface area contributed by atoms with E-state index in [-0.39, 0.29) is 0 Å². The first-order valence-electron chi connectivity index (χ1n) is 3.88. The van der Waals surface area contributed by atoms with Gasteiger partial charge in [-0.25, -0.2) is 0 Å². The van der Waals surface area contributed by atoms with E-state index in [4.69, 9.17) is 4.74 Å². The molecule has 0 aliphatic heterocycles. The normalized spacial score (nSPS) is 10.7. The zero-order valence-electron chi connectivity index (χ0n) is 7.41. The number of benzene rings is 1. The Hall–Kier alpha value is -1.03. The SMILES string of the molecule is COc1ccc(Br)c2c1cnn2C. The molecule has 0 aliphatic carbocycles. The molecule has 0 saturated carbocycles. The van der Waals surface area contributed by atoms with E-state index in [0.717, 1.165) is 21.1 Å². The maximum Gasteiger partial charge on any atom is 0.129 e. The number of halogens is 1. The quantitative estimate of drug-likeness (QED) is 0.766. The predicted octanol–water partition coefficient (Wildman–Crippen LogP) is 2.34. The van der Waals surface area contributed by atoms with E-state index in [2.05, 4.69) is 21.0 Å². The van der Waals surface area contributed by atoms with Crippen molar-refractivity contribution in [3.63, 3.8) is 0 Å². The monoisotopic (exact) mass is 240 g/mol. The van der Waals surface area contributed by atoms with Gasteiger partial charge in [-0.05, 0) is 28.1 Å². The largest absolute Gasteiger partial charge is 0.496 e. The lowest BCUT2D eigenvalue weighted by Gasteiger charge is -2.02. The molecule has 0 N–H and O–H groups in total. The van der Waals surface area contributed by atoms with Gasteiger partial charge >= 0.3 is 0 Å². The molecule has 68 valence electrons. The average molecular weight is 241 g/mol. The summed E-state index contributed by atoms with van der Waals surface area (Å²) in [5, 5.41) is 5.20. The van der Waals surface area contributed by atoms with Gasteiger partial charge in [-0.2, -0.15) is 5.10 Å². The fourth-order valence-corrected chi connectivity index (χ4v) is 2.00. The molecule has 13 heavy (non-hydrogen) atoms. The average Bonchev–Trinajstić information content (AvgIpc) is 2.50. The number of methoxy groups -OCH3 is 1. The number of aromatic nitrogens is 2. The van der Waals surface area contributed by atoms with Crippen LogP contribution in [0.5, 0.6) is 5.75 Å². The first-order chi connectivity index (χ1) is 6.24. The Bertz CT molecular complexity index is 450. The Morgan fingerprint density at radius 2 is 2.23 bits per heavy atom. The first-order valence-corrected chi connectivity index (χ1v) is 4.67. The molecule has 0 unspecified atom stereocenters. The van der Waals surface area contributed by atoms with Gasteiger partial charge in [0.15, 0.2) is 0 Å². The minimum Gasteiger partial charge on any atom is -0.496 e. The van der Waals surface area contributed by atoms with E-state index in [1.165, 1.54) is 0 Å². The van der Waals surface area contributed by atoms with E-state index in [1.807, 2.05) is 23.9 Å². The molecular weight excluding hydrogens is 232 g/mol. The van der Waals surface area contributed by atoms with Crippen molar-refractivity contribution in [2.45, 2.75) is 0 Å². The summed E-state index contributed by atoms with van der Waals surface area (Å²) in [7, 11) is 3.57. The van der Waals surface area contributed by atoms with Crippen LogP contribution < -0.4 is 4.74 Å². The lowest BCUT2D eigenvalue weighted by molar-refractivity contribution is 0.420. The Kier molecular flexibility index (Phi) is 2.00. The Morgan fingerprint density at radius 1 is 1.46 bits per heavy atom. The molecule has 0 radical (unpaired) electrons. The van der Waals surface area contributed by atoms with Crippen molar-refractivity contribution in [1.29, 1.82) is 0 Å². The lowest BCUT2D eigenvalue weighted by Crippen LogP contribution is -1.90. The van der Waals surface area contributed by atoms with Gasteiger partial charge in [0.25, 0.3) is 0 Å². The van der Waals surface area contributed by atoms with Crippen LogP contribution in [0.15, 0.2) is 22.8 Å². The smallest absolute Gasteiger partial charge is 0.129 e. The van der Waals surface area contributed by atoms with Crippen LogP contribution in [0.2, 0.25) is 0 Å². The van der Waals surface area contributed by atoms with E-state index in [9.17, 15) is 0 Å². The molecule has 0 fully saturated rings. The molecule has 1 aromatic carbocycles. The van der Waals surface area contributed by atoms with Crippen LogP contribution in [-0.4, -0.2) is 16.9 Å². The Morgan fingerprint density at radius 3 is 2.92 bits per heavy atom. The Labute approximate surface area is 84.4 Å². The summed E-state index contributed by atoms with van der Waals surface area (Å²) < 4.78 is 8.07. The fraction of sp³-hybridized carbons (Fsp3) is 0.222. The van der Waals surface area contributed by atoms with Crippen LogP contribution in [-0.2, 0) is 7.05 Å². The van der Waals surface area contributed by atoms with Crippen LogP contribution in [0.25, 0.3) is 10.9 Å². The number of nitrogens with zero attached hydrogens (tertiary/aromatic N) is 2. The minimum absolute atomic E-state index is 0.853. The summed E-state index contributed by atoms with van der Waals surface area (Å²) in [4.78, 5) is 0. The van der Waals surface area contributed by atoms with Crippen LogP contribution in [0, 0.1) is 0 Å². The number of rotatable bonds is 1. The van der Waals surface area contributed by atoms with Gasteiger partial charge in [-0.15, -0.1) is 0 Å². The highest BCUT2D eigenvalue weighted by Crippen LogP contribution is 2.30. The molecule has 1 heterocycles. The molecular formula is C9H9BrN2O. The van der Waals surface area contributed by atoms with Gasteiger partial charge in [0.2, 0.25) is 0 Å². The third-order valence-electron chi connectivity index (χ3n) is 2.03. The van der Waals surface area contributed by atoms with E-state index in [1.54, 1.807) is 13.3 Å². The van der Waals surface area contributed by atoms with Gasteiger partial charge in [0, 0.05) is 11.5 Å². The summed E-state index contributed by atoms with van der Waals surface area (Å²) >= 11 is 3.47. The maximum absolute atomic E-state index is 5.22. The van der Waals surface area contributed by atoms with Crippen molar-refractivity contribution >= 4 is 26.8 Å². The van der Waals surface area contributed by atoms with Crippen molar-refractivity contribution < 1.29 is 4.74 Å². The topological polar surface area (TPSA) is 27.1 Å². The molecule has 0 saturated heterocycles. The number of fused-ring (bicyclic) bond motifs is 1. The van der Waals surface area contributed by atoms with Crippen molar-refractivity contribution in [3.8, 4) is 5.75 Å². The number of hydrogen-bond donors (Lipinski definition) is 0. The van der Waals surface area contributed by atoms with Crippen LogP contribution in [0.3, 0.4) is 0 Å². The molecule has 0 atom stereocenters. The predicted molar refractivity (Wildman–Crippen MR) is 55.0 cm³/mol. The second-order valence-corrected chi connectivity index (χ2v) is 3.63. The van der Waals surface area contributed by atoms with Gasteiger partial charge in [0.1, 0.15) is 5.75 Å². The summed E-state index contributed by atoms with van der Waals surface area (Å²) in [5.41, 5.74) is 1.05. The van der Waals surface area contributed by atoms with Crippen LogP contribution in [0.1, 0.15) is 0 Å². The first kappa shape index (κ1) is 8.56. The molecule has 1 aromatic heterocycles. The molecule has 3 nitrogen and oxygen atoms in total. The van der Waals surface area contributed by atoms with Gasteiger partial charge in [-0.1, -0.05) is 0 Å². The Balaban J connectivity index is 2.87. The summed E-state index contributed by atoms with van der Waals surface area (Å²) in [6.07, 6.45) is 1.80. The summed E-state index contributed by atoms with van der Waals surface area (Å²) in [6.45, 7) is 0. The van der Waals surface area contributed by atoms with Crippen molar-refractivity contribution in [2.24, 2.45) is 7.05 Å². The standard InChI is InChI=1S/C9H9BrN2O/c1-12-9-6(5-11-12)8(13-2)4-3-7(9)10/h3-5H,1-2H3. The molecule has 2 aromatic rings. The molecule has 2 rings (SSSR count). The van der Waals surface area contributed by atoms with Crippen molar-refractivity contribution in [2.75, 3.05) is 7.11 Å². The van der Waals surface area contributed by atoms with Gasteiger partial charge in [0.05, 0.1) is 24.2 Å². The van der Waals surface area contributed by atoms with Gasteiger partial charge in [-0.3, -0.25) is 4.68 Å². The second kappa shape index (κ2) is 3.03. The summed E-state index contributed by atoms with van der Waals surface area (Å²) in [6, 6.07) is 3.89. The van der Waals surface area contributed by atoms with Crippen LogP contribution in [0.4, 0.5) is 0 Å². The van der Waals surface area contributed by atoms with E-state index in [0.29, 0.717) is 0 Å². The summed E-state index contributed by atoms with van der Waals surface area (Å²) in [5.74, 6) is 0.853. The molecule has 0 bridgehead atoms. The zero-order valence-corrected chi connectivity index (χ0v) is 9.00. The highest BCUT2D eigenvalue weighted by atomic mass is 79.9. The number of aryl methyl sites for hydroxylation is 1.